The number of aryl methyl sites for hydroxylation is 1. The van der Waals surface area contributed by atoms with Crippen molar-refractivity contribution >= 4 is 21.4 Å². The third-order valence-electron chi connectivity index (χ3n) is 3.02. The second kappa shape index (κ2) is 6.13. The number of nitrogens with zero attached hydrogens (tertiary/aromatic N) is 4. The number of halogens is 1. The maximum atomic E-state index is 12.2. The summed E-state index contributed by atoms with van der Waals surface area (Å²) in [6.45, 7) is 1.63. The molecule has 0 fully saturated rings. The number of sulfone groups is 1. The molecular formula is C14H13ClN4O3S. The zero-order valence-electron chi connectivity index (χ0n) is 12.2. The van der Waals surface area contributed by atoms with Crippen molar-refractivity contribution in [2.75, 3.05) is 0 Å². The molecule has 7 nitrogen and oxygen atoms in total. The van der Waals surface area contributed by atoms with Crippen molar-refractivity contribution in [1.82, 2.24) is 19.9 Å². The Morgan fingerprint density at radius 1 is 1.22 bits per heavy atom. The summed E-state index contributed by atoms with van der Waals surface area (Å²) < 4.78 is 30.8. The van der Waals surface area contributed by atoms with Crippen LogP contribution in [0.15, 0.2) is 41.1 Å². The Labute approximate surface area is 137 Å². The fourth-order valence-corrected chi connectivity index (χ4v) is 3.50. The molecule has 0 aliphatic heterocycles. The van der Waals surface area contributed by atoms with E-state index in [4.69, 9.17) is 16.1 Å². The van der Waals surface area contributed by atoms with Crippen molar-refractivity contribution in [3.63, 3.8) is 0 Å². The molecule has 0 amide bonds. The maximum absolute atomic E-state index is 12.2. The molecule has 2 aromatic heterocycles. The number of hydrogen-bond acceptors (Lipinski definition) is 6. The molecule has 0 aliphatic rings. The van der Waals surface area contributed by atoms with E-state index < -0.39 is 9.84 Å². The lowest BCUT2D eigenvalue weighted by Crippen LogP contribution is -2.09. The van der Waals surface area contributed by atoms with Crippen molar-refractivity contribution in [2.45, 2.75) is 18.4 Å². The second-order valence-corrected chi connectivity index (χ2v) is 7.44. The van der Waals surface area contributed by atoms with E-state index in [0.29, 0.717) is 22.2 Å². The van der Waals surface area contributed by atoms with E-state index in [1.807, 2.05) is 12.1 Å². The minimum Gasteiger partial charge on any atom is -0.338 e. The SMILES string of the molecule is Cc1noc(CS(=O)(=O)Cc2ccn(-c3ccccc3Cl)n2)n1. The van der Waals surface area contributed by atoms with E-state index in [-0.39, 0.29) is 17.4 Å². The first-order valence-corrected chi connectivity index (χ1v) is 8.92. The molecule has 0 bridgehead atoms. The first kappa shape index (κ1) is 15.7. The van der Waals surface area contributed by atoms with Gasteiger partial charge in [-0.1, -0.05) is 28.9 Å². The Kier molecular flexibility index (Phi) is 4.18. The summed E-state index contributed by atoms with van der Waals surface area (Å²) in [7, 11) is -3.46. The summed E-state index contributed by atoms with van der Waals surface area (Å²) >= 11 is 6.10. The van der Waals surface area contributed by atoms with Crippen LogP contribution in [0.3, 0.4) is 0 Å². The molecule has 9 heteroatoms. The third-order valence-corrected chi connectivity index (χ3v) is 4.77. The van der Waals surface area contributed by atoms with Crippen LogP contribution in [0.1, 0.15) is 17.4 Å². The second-order valence-electron chi connectivity index (χ2n) is 4.97. The van der Waals surface area contributed by atoms with Crippen molar-refractivity contribution in [1.29, 1.82) is 0 Å². The molecule has 3 rings (SSSR count). The van der Waals surface area contributed by atoms with E-state index in [2.05, 4.69) is 15.2 Å². The van der Waals surface area contributed by atoms with Gasteiger partial charge in [-0.3, -0.25) is 0 Å². The normalized spacial score (nSPS) is 11.7. The molecule has 0 atom stereocenters. The summed E-state index contributed by atoms with van der Waals surface area (Å²) in [5.74, 6) is -0.0511. The van der Waals surface area contributed by atoms with E-state index in [1.165, 1.54) is 0 Å². The molecular weight excluding hydrogens is 340 g/mol. The van der Waals surface area contributed by atoms with E-state index >= 15 is 0 Å². The van der Waals surface area contributed by atoms with Crippen molar-refractivity contribution in [3.8, 4) is 5.69 Å². The van der Waals surface area contributed by atoms with Crippen LogP contribution in [-0.2, 0) is 21.3 Å². The van der Waals surface area contributed by atoms with Gasteiger partial charge in [0.05, 0.1) is 22.2 Å². The van der Waals surface area contributed by atoms with Crippen LogP contribution in [0.4, 0.5) is 0 Å². The Morgan fingerprint density at radius 2 is 2.00 bits per heavy atom. The summed E-state index contributed by atoms with van der Waals surface area (Å²) in [6, 6.07) is 8.83. The lowest BCUT2D eigenvalue weighted by Gasteiger charge is -2.03. The van der Waals surface area contributed by atoms with Crippen LogP contribution in [0.2, 0.25) is 5.02 Å². The van der Waals surface area contributed by atoms with Crippen LogP contribution in [0.5, 0.6) is 0 Å². The van der Waals surface area contributed by atoms with E-state index in [9.17, 15) is 8.42 Å². The van der Waals surface area contributed by atoms with Gasteiger partial charge in [-0.2, -0.15) is 10.1 Å². The minimum atomic E-state index is -3.46. The summed E-state index contributed by atoms with van der Waals surface area (Å²) in [4.78, 5) is 3.90. The number of aromatic nitrogens is 4. The summed E-state index contributed by atoms with van der Waals surface area (Å²) in [6.07, 6.45) is 1.67. The van der Waals surface area contributed by atoms with Crippen LogP contribution in [0.25, 0.3) is 5.69 Å². The lowest BCUT2D eigenvalue weighted by atomic mass is 10.3. The smallest absolute Gasteiger partial charge is 0.241 e. The summed E-state index contributed by atoms with van der Waals surface area (Å²) in [5, 5.41) is 8.37. The molecule has 0 aliphatic carbocycles. The van der Waals surface area contributed by atoms with Crippen LogP contribution in [0, 0.1) is 6.92 Å². The monoisotopic (exact) mass is 352 g/mol. The average molecular weight is 353 g/mol. The van der Waals surface area contributed by atoms with Gasteiger partial charge < -0.3 is 4.52 Å². The highest BCUT2D eigenvalue weighted by Crippen LogP contribution is 2.19. The molecule has 0 saturated heterocycles. The highest BCUT2D eigenvalue weighted by molar-refractivity contribution is 7.89. The molecule has 0 radical (unpaired) electrons. The minimum absolute atomic E-state index is 0.0769. The number of benzene rings is 1. The quantitative estimate of drug-likeness (QED) is 0.700. The Morgan fingerprint density at radius 3 is 2.70 bits per heavy atom. The molecule has 3 aromatic rings. The highest BCUT2D eigenvalue weighted by Gasteiger charge is 2.19. The maximum Gasteiger partial charge on any atom is 0.241 e. The van der Waals surface area contributed by atoms with Gasteiger partial charge in [0.25, 0.3) is 0 Å². The zero-order valence-corrected chi connectivity index (χ0v) is 13.8. The van der Waals surface area contributed by atoms with Crippen molar-refractivity contribution < 1.29 is 12.9 Å². The standard InChI is InChI=1S/C14H13ClN4O3S/c1-10-16-14(22-18-10)9-23(20,21)8-11-6-7-19(17-11)13-5-3-2-4-12(13)15/h2-7H,8-9H2,1H3. The largest absolute Gasteiger partial charge is 0.338 e. The van der Waals surface area contributed by atoms with Crippen LogP contribution >= 0.6 is 11.6 Å². The predicted octanol–water partition coefficient (Wildman–Crippen LogP) is 2.33. The number of rotatable bonds is 5. The summed E-state index contributed by atoms with van der Waals surface area (Å²) in [5.41, 5.74) is 1.10. The fraction of sp³-hybridized carbons (Fsp3) is 0.214. The number of para-hydroxylation sites is 1. The topological polar surface area (TPSA) is 90.9 Å². The molecule has 0 unspecified atom stereocenters. The third kappa shape index (κ3) is 3.77. The Hall–Kier alpha value is -2.19. The average Bonchev–Trinajstić information content (AvgIpc) is 3.08. The van der Waals surface area contributed by atoms with Gasteiger partial charge in [-0.25, -0.2) is 13.1 Å². The molecule has 120 valence electrons. The molecule has 23 heavy (non-hydrogen) atoms. The first-order valence-electron chi connectivity index (χ1n) is 6.72. The van der Waals surface area contributed by atoms with Gasteiger partial charge in [-0.05, 0) is 25.1 Å². The van der Waals surface area contributed by atoms with Gasteiger partial charge in [-0.15, -0.1) is 0 Å². The van der Waals surface area contributed by atoms with Crippen LogP contribution < -0.4 is 0 Å². The van der Waals surface area contributed by atoms with Gasteiger partial charge in [0.15, 0.2) is 15.7 Å². The van der Waals surface area contributed by atoms with Crippen LogP contribution in [-0.4, -0.2) is 28.3 Å². The van der Waals surface area contributed by atoms with Gasteiger partial charge in [0, 0.05) is 6.20 Å². The lowest BCUT2D eigenvalue weighted by molar-refractivity contribution is 0.384. The van der Waals surface area contributed by atoms with Crippen molar-refractivity contribution in [3.05, 3.63) is 59.0 Å². The molecule has 2 heterocycles. The molecule has 1 aromatic carbocycles. The van der Waals surface area contributed by atoms with Crippen molar-refractivity contribution in [2.24, 2.45) is 0 Å². The first-order chi connectivity index (χ1) is 10.9. The number of hydrogen-bond donors (Lipinski definition) is 0. The predicted molar refractivity (Wildman–Crippen MR) is 83.9 cm³/mol. The highest BCUT2D eigenvalue weighted by atomic mass is 35.5. The Bertz CT molecular complexity index is 933. The zero-order chi connectivity index (χ0) is 16.4. The molecule has 0 spiro atoms. The van der Waals surface area contributed by atoms with E-state index in [0.717, 1.165) is 0 Å². The molecule has 0 N–H and O–H groups in total. The Balaban J connectivity index is 1.77. The molecule has 0 saturated carbocycles. The fourth-order valence-electron chi connectivity index (χ4n) is 2.07. The van der Waals surface area contributed by atoms with E-state index in [1.54, 1.807) is 36.0 Å². The van der Waals surface area contributed by atoms with Gasteiger partial charge in [0.1, 0.15) is 5.75 Å². The van der Waals surface area contributed by atoms with Gasteiger partial charge in [0.2, 0.25) is 5.89 Å². The van der Waals surface area contributed by atoms with Gasteiger partial charge >= 0.3 is 0 Å².